The van der Waals surface area contributed by atoms with Crippen LogP contribution in [0.2, 0.25) is 0 Å². The molecule has 0 bridgehead atoms. The average molecular weight is 383 g/mol. The lowest BCUT2D eigenvalue weighted by Gasteiger charge is -2.10. The molecule has 0 aliphatic rings. The van der Waals surface area contributed by atoms with Crippen molar-refractivity contribution in [2.75, 3.05) is 5.32 Å². The largest absolute Gasteiger partial charge is 0.366 e. The number of carbonyl (C=O) groups is 2. The van der Waals surface area contributed by atoms with E-state index < -0.39 is 5.91 Å². The molecule has 0 aliphatic heterocycles. The Balaban J connectivity index is 1.77. The molecular formula is C19H17N3O2S2. The smallest absolute Gasteiger partial charge is 0.248 e. The number of benzene rings is 2. The van der Waals surface area contributed by atoms with Gasteiger partial charge in [-0.15, -0.1) is 11.3 Å². The van der Waals surface area contributed by atoms with Crippen LogP contribution < -0.4 is 11.1 Å². The lowest BCUT2D eigenvalue weighted by Crippen LogP contribution is -2.19. The summed E-state index contributed by atoms with van der Waals surface area (Å²) in [5.41, 5.74) is 9.31. The number of nitrogens with one attached hydrogen (secondary N) is 1. The number of thiazole rings is 1. The first kappa shape index (κ1) is 18.0. The SMILES string of the molecule is Cc1ccc(-c2csc(=S)n2CC(=O)Nc2ccc(C(N)=O)cc2)cc1. The van der Waals surface area contributed by atoms with Gasteiger partial charge < -0.3 is 15.6 Å². The number of aryl methyl sites for hydroxylation is 1. The Bertz CT molecular complexity index is 1000. The highest BCUT2D eigenvalue weighted by Gasteiger charge is 2.11. The lowest BCUT2D eigenvalue weighted by atomic mass is 10.1. The number of nitrogens with two attached hydrogens (primary N) is 1. The Morgan fingerprint density at radius 1 is 1.12 bits per heavy atom. The molecule has 3 N–H and O–H groups in total. The normalized spacial score (nSPS) is 10.5. The number of aromatic nitrogens is 1. The fourth-order valence-corrected chi connectivity index (χ4v) is 3.56. The monoisotopic (exact) mass is 383 g/mol. The van der Waals surface area contributed by atoms with E-state index in [0.717, 1.165) is 11.3 Å². The summed E-state index contributed by atoms with van der Waals surface area (Å²) in [4.78, 5) is 23.5. The second kappa shape index (κ2) is 7.63. The van der Waals surface area contributed by atoms with Gasteiger partial charge in [0, 0.05) is 16.6 Å². The molecule has 3 aromatic rings. The number of anilines is 1. The van der Waals surface area contributed by atoms with Crippen molar-refractivity contribution in [1.82, 2.24) is 4.57 Å². The maximum absolute atomic E-state index is 12.4. The number of amides is 2. The Morgan fingerprint density at radius 2 is 1.77 bits per heavy atom. The Morgan fingerprint density at radius 3 is 2.38 bits per heavy atom. The predicted octanol–water partition coefficient (Wildman–Crippen LogP) is 3.99. The molecule has 0 fully saturated rings. The summed E-state index contributed by atoms with van der Waals surface area (Å²) in [5, 5.41) is 4.77. The van der Waals surface area contributed by atoms with Crippen molar-refractivity contribution in [3.8, 4) is 11.3 Å². The third kappa shape index (κ3) is 4.07. The van der Waals surface area contributed by atoms with Gasteiger partial charge in [-0.2, -0.15) is 0 Å². The second-order valence-corrected chi connectivity index (χ2v) is 7.33. The van der Waals surface area contributed by atoms with Gasteiger partial charge in [-0.05, 0) is 49.0 Å². The number of hydrogen-bond donors (Lipinski definition) is 2. The average Bonchev–Trinajstić information content (AvgIpc) is 2.97. The van der Waals surface area contributed by atoms with Gasteiger partial charge in [-0.3, -0.25) is 9.59 Å². The Kier molecular flexibility index (Phi) is 5.29. The fourth-order valence-electron chi connectivity index (χ4n) is 2.49. The third-order valence-electron chi connectivity index (χ3n) is 3.88. The first-order valence-corrected chi connectivity index (χ1v) is 9.18. The van der Waals surface area contributed by atoms with E-state index in [1.807, 2.05) is 41.1 Å². The van der Waals surface area contributed by atoms with E-state index in [2.05, 4.69) is 5.32 Å². The summed E-state index contributed by atoms with van der Waals surface area (Å²) in [6.45, 7) is 2.14. The van der Waals surface area contributed by atoms with Gasteiger partial charge in [0.2, 0.25) is 11.8 Å². The molecule has 1 heterocycles. The van der Waals surface area contributed by atoms with E-state index >= 15 is 0 Å². The highest BCUT2D eigenvalue weighted by atomic mass is 32.1. The van der Waals surface area contributed by atoms with Crippen molar-refractivity contribution in [2.24, 2.45) is 5.73 Å². The van der Waals surface area contributed by atoms with Crippen LogP contribution >= 0.6 is 23.6 Å². The van der Waals surface area contributed by atoms with Crippen LogP contribution in [0.4, 0.5) is 5.69 Å². The number of carbonyl (C=O) groups excluding carboxylic acids is 2. The summed E-state index contributed by atoms with van der Waals surface area (Å²) < 4.78 is 2.46. The minimum atomic E-state index is -0.504. The Hall–Kier alpha value is -2.77. The van der Waals surface area contributed by atoms with Crippen molar-refractivity contribution in [3.63, 3.8) is 0 Å². The topological polar surface area (TPSA) is 77.1 Å². The van der Waals surface area contributed by atoms with Crippen molar-refractivity contribution in [1.29, 1.82) is 0 Å². The summed E-state index contributed by atoms with van der Waals surface area (Å²) >= 11 is 6.81. The number of hydrogen-bond acceptors (Lipinski definition) is 4. The lowest BCUT2D eigenvalue weighted by molar-refractivity contribution is -0.116. The molecule has 0 aliphatic carbocycles. The summed E-state index contributed by atoms with van der Waals surface area (Å²) in [6, 6.07) is 14.5. The number of rotatable bonds is 5. The highest BCUT2D eigenvalue weighted by Crippen LogP contribution is 2.24. The van der Waals surface area contributed by atoms with Crippen molar-refractivity contribution in [3.05, 3.63) is 69.0 Å². The summed E-state index contributed by atoms with van der Waals surface area (Å²) in [6.07, 6.45) is 0. The molecule has 2 aromatic carbocycles. The molecule has 0 atom stereocenters. The van der Waals surface area contributed by atoms with Crippen molar-refractivity contribution >= 4 is 41.1 Å². The molecule has 26 heavy (non-hydrogen) atoms. The molecule has 132 valence electrons. The molecule has 1 aromatic heterocycles. The van der Waals surface area contributed by atoms with Crippen LogP contribution in [0.3, 0.4) is 0 Å². The van der Waals surface area contributed by atoms with E-state index in [1.165, 1.54) is 16.9 Å². The quantitative estimate of drug-likeness (QED) is 0.654. The second-order valence-electron chi connectivity index (χ2n) is 5.83. The summed E-state index contributed by atoms with van der Waals surface area (Å²) in [7, 11) is 0. The van der Waals surface area contributed by atoms with E-state index in [0.29, 0.717) is 15.2 Å². The molecule has 7 heteroatoms. The molecule has 3 rings (SSSR count). The van der Waals surface area contributed by atoms with Crippen molar-refractivity contribution < 1.29 is 9.59 Å². The van der Waals surface area contributed by atoms with E-state index in [1.54, 1.807) is 24.3 Å². The first-order valence-electron chi connectivity index (χ1n) is 7.89. The molecule has 2 amide bonds. The van der Waals surface area contributed by atoms with Gasteiger partial charge in [0.15, 0.2) is 3.95 Å². The molecule has 0 unspecified atom stereocenters. The van der Waals surface area contributed by atoms with Crippen LogP contribution in [0.25, 0.3) is 11.3 Å². The van der Waals surface area contributed by atoms with Crippen LogP contribution in [-0.4, -0.2) is 16.4 Å². The van der Waals surface area contributed by atoms with Crippen LogP contribution in [0.15, 0.2) is 53.9 Å². The molecular weight excluding hydrogens is 366 g/mol. The van der Waals surface area contributed by atoms with Crippen LogP contribution in [-0.2, 0) is 11.3 Å². The predicted molar refractivity (Wildman–Crippen MR) is 107 cm³/mol. The standard InChI is InChI=1S/C19H17N3O2S2/c1-12-2-4-13(5-3-12)16-11-26-19(25)22(16)10-17(23)21-15-8-6-14(7-9-15)18(20)24/h2-9,11H,10H2,1H3,(H2,20,24)(H,21,23). The van der Waals surface area contributed by atoms with Crippen LogP contribution in [0, 0.1) is 10.9 Å². The van der Waals surface area contributed by atoms with Gasteiger partial charge in [-0.25, -0.2) is 0 Å². The minimum Gasteiger partial charge on any atom is -0.366 e. The maximum atomic E-state index is 12.4. The first-order chi connectivity index (χ1) is 12.4. The molecule has 0 spiro atoms. The van der Waals surface area contributed by atoms with Gasteiger partial charge in [-0.1, -0.05) is 29.8 Å². The van der Waals surface area contributed by atoms with E-state index in [-0.39, 0.29) is 12.5 Å². The Labute approximate surface area is 160 Å². The maximum Gasteiger partial charge on any atom is 0.248 e. The van der Waals surface area contributed by atoms with Crippen LogP contribution in [0.1, 0.15) is 15.9 Å². The molecule has 0 radical (unpaired) electrons. The molecule has 0 saturated heterocycles. The minimum absolute atomic E-state index is 0.114. The van der Waals surface area contributed by atoms with Crippen LogP contribution in [0.5, 0.6) is 0 Å². The van der Waals surface area contributed by atoms with Gasteiger partial charge in [0.05, 0.1) is 5.69 Å². The third-order valence-corrected chi connectivity index (χ3v) is 5.16. The molecule has 0 saturated carbocycles. The zero-order valence-electron chi connectivity index (χ0n) is 14.1. The zero-order valence-corrected chi connectivity index (χ0v) is 15.7. The van der Waals surface area contributed by atoms with Gasteiger partial charge in [0.1, 0.15) is 6.54 Å². The number of primary amides is 1. The fraction of sp³-hybridized carbons (Fsp3) is 0.105. The summed E-state index contributed by atoms with van der Waals surface area (Å²) in [5.74, 6) is -0.699. The van der Waals surface area contributed by atoms with Gasteiger partial charge >= 0.3 is 0 Å². The molecule has 5 nitrogen and oxygen atoms in total. The van der Waals surface area contributed by atoms with E-state index in [4.69, 9.17) is 18.0 Å². The van der Waals surface area contributed by atoms with Gasteiger partial charge in [0.25, 0.3) is 0 Å². The number of nitrogens with zero attached hydrogens (tertiary/aromatic N) is 1. The van der Waals surface area contributed by atoms with Crippen molar-refractivity contribution in [2.45, 2.75) is 13.5 Å². The highest BCUT2D eigenvalue weighted by molar-refractivity contribution is 7.73. The van der Waals surface area contributed by atoms with E-state index in [9.17, 15) is 9.59 Å². The zero-order chi connectivity index (χ0) is 18.7.